The topological polar surface area (TPSA) is 76.8 Å². The zero-order chi connectivity index (χ0) is 30.0. The lowest BCUT2D eigenvalue weighted by Crippen LogP contribution is -2.46. The molecule has 0 saturated heterocycles. The molecule has 3 aromatic carbocycles. The first-order chi connectivity index (χ1) is 20.1. The second kappa shape index (κ2) is 13.0. The van der Waals surface area contributed by atoms with E-state index in [-0.39, 0.29) is 25.5 Å². The van der Waals surface area contributed by atoms with E-state index in [1.54, 1.807) is 34.9 Å². The quantitative estimate of drug-likeness (QED) is 0.179. The lowest BCUT2D eigenvalue weighted by molar-refractivity contribution is -0.672. The van der Waals surface area contributed by atoms with Crippen LogP contribution in [0.2, 0.25) is 10.0 Å². The van der Waals surface area contributed by atoms with Crippen molar-refractivity contribution in [1.82, 2.24) is 5.32 Å². The van der Waals surface area contributed by atoms with Crippen LogP contribution in [0.25, 0.3) is 16.3 Å². The molecule has 11 heteroatoms. The Labute approximate surface area is 263 Å². The highest BCUT2D eigenvalue weighted by Gasteiger charge is 2.28. The summed E-state index contributed by atoms with van der Waals surface area (Å²) in [6, 6.07) is 18.5. The van der Waals surface area contributed by atoms with Gasteiger partial charge >= 0.3 is 5.97 Å². The van der Waals surface area contributed by atoms with Gasteiger partial charge in [-0.05, 0) is 63.2 Å². The lowest BCUT2D eigenvalue weighted by Gasteiger charge is -2.28. The summed E-state index contributed by atoms with van der Waals surface area (Å²) in [5, 5.41) is 16.1. The number of rotatable bonds is 10. The Kier molecular flexibility index (Phi) is 9.32. The summed E-state index contributed by atoms with van der Waals surface area (Å²) in [5.41, 5.74) is 3.85. The monoisotopic (exact) mass is 641 g/mol. The second-order valence-electron chi connectivity index (χ2n) is 9.97. The summed E-state index contributed by atoms with van der Waals surface area (Å²) < 4.78 is 3.10. The minimum absolute atomic E-state index is 0.140. The average Bonchev–Trinajstić information content (AvgIpc) is 3.48. The van der Waals surface area contributed by atoms with Crippen LogP contribution in [0.1, 0.15) is 30.8 Å². The maximum Gasteiger partial charge on any atom is 0.326 e. The molecule has 1 aliphatic rings. The molecule has 1 aliphatic heterocycles. The van der Waals surface area contributed by atoms with E-state index in [0.717, 1.165) is 48.6 Å². The third kappa shape index (κ3) is 6.54. The summed E-state index contributed by atoms with van der Waals surface area (Å²) in [5.74, 6) is -1.12. The molecule has 218 valence electrons. The normalized spacial score (nSPS) is 14.3. The third-order valence-corrected chi connectivity index (χ3v) is 9.85. The largest absolute Gasteiger partial charge is 0.480 e. The molecular weight excluding hydrogens is 611 g/mol. The Morgan fingerprint density at radius 2 is 1.81 bits per heavy atom. The number of nitrogens with zero attached hydrogens (tertiary/aromatic N) is 3. The molecule has 0 spiro atoms. The van der Waals surface area contributed by atoms with Gasteiger partial charge in [-0.3, -0.25) is 4.79 Å². The number of carboxylic acid groups (broad SMARTS) is 1. The number of fused-ring (bicyclic) bond motifs is 2. The Bertz CT molecular complexity index is 1670. The van der Waals surface area contributed by atoms with Gasteiger partial charge in [-0.1, -0.05) is 64.0 Å². The van der Waals surface area contributed by atoms with Crippen LogP contribution in [0, 0.1) is 6.92 Å². The molecule has 1 atom stereocenters. The van der Waals surface area contributed by atoms with Crippen molar-refractivity contribution in [2.75, 3.05) is 22.9 Å². The molecule has 0 radical (unpaired) electrons. The van der Waals surface area contributed by atoms with Gasteiger partial charge in [0.05, 0.1) is 16.8 Å². The van der Waals surface area contributed by atoms with E-state index in [0.29, 0.717) is 10.0 Å². The number of hydrogen-bond acceptors (Lipinski definition) is 6. The Morgan fingerprint density at radius 3 is 2.52 bits per heavy atom. The van der Waals surface area contributed by atoms with Gasteiger partial charge in [0, 0.05) is 46.2 Å². The Balaban J connectivity index is 1.37. The number of carboxylic acids is 1. The summed E-state index contributed by atoms with van der Waals surface area (Å²) in [7, 11) is 0. The van der Waals surface area contributed by atoms with Crippen molar-refractivity contribution in [3.05, 3.63) is 86.3 Å². The first-order valence-electron chi connectivity index (χ1n) is 13.6. The van der Waals surface area contributed by atoms with Gasteiger partial charge in [-0.2, -0.15) is 4.57 Å². The van der Waals surface area contributed by atoms with Crippen molar-refractivity contribution < 1.29 is 19.3 Å². The van der Waals surface area contributed by atoms with Crippen LogP contribution in [0.3, 0.4) is 0 Å². The van der Waals surface area contributed by atoms with E-state index in [1.807, 2.05) is 67.6 Å². The third-order valence-electron chi connectivity index (χ3n) is 7.15. The van der Waals surface area contributed by atoms with Crippen molar-refractivity contribution in [2.45, 2.75) is 44.8 Å². The highest BCUT2D eigenvalue weighted by Crippen LogP contribution is 2.47. The molecule has 1 unspecified atom stereocenters. The first-order valence-corrected chi connectivity index (χ1v) is 15.9. The number of carbonyl (C=O) groups is 2. The van der Waals surface area contributed by atoms with Crippen LogP contribution >= 0.6 is 46.3 Å². The maximum absolute atomic E-state index is 13.1. The Hall–Kier alpha value is -3.24. The molecule has 1 aromatic heterocycles. The van der Waals surface area contributed by atoms with Crippen LogP contribution in [0.5, 0.6) is 0 Å². The molecule has 2 heterocycles. The predicted octanol–water partition coefficient (Wildman–Crippen LogP) is 7.18. The van der Waals surface area contributed by atoms with Gasteiger partial charge in [0.25, 0.3) is 5.01 Å². The van der Waals surface area contributed by atoms with Crippen molar-refractivity contribution >= 4 is 85.8 Å². The fourth-order valence-corrected chi connectivity index (χ4v) is 7.48. The van der Waals surface area contributed by atoms with E-state index < -0.39 is 12.0 Å². The van der Waals surface area contributed by atoms with Gasteiger partial charge in [0.1, 0.15) is 10.7 Å². The number of aryl methyl sites for hydroxylation is 1. The number of benzene rings is 3. The number of aliphatic carboxylic acids is 1. The molecular formula is C31H31Cl2N4O3S2+. The van der Waals surface area contributed by atoms with Gasteiger partial charge in [-0.25, -0.2) is 4.79 Å². The number of amides is 1. The van der Waals surface area contributed by atoms with Crippen LogP contribution in [0.15, 0.2) is 70.6 Å². The van der Waals surface area contributed by atoms with E-state index in [4.69, 9.17) is 23.2 Å². The zero-order valence-electron chi connectivity index (χ0n) is 23.4. The van der Waals surface area contributed by atoms with Gasteiger partial charge in [0.2, 0.25) is 18.1 Å². The molecule has 7 nitrogen and oxygen atoms in total. The number of thioether (sulfide) groups is 1. The number of aromatic nitrogens is 1. The summed E-state index contributed by atoms with van der Waals surface area (Å²) >= 11 is 16.0. The van der Waals surface area contributed by atoms with Gasteiger partial charge < -0.3 is 20.2 Å². The Morgan fingerprint density at radius 1 is 1.10 bits per heavy atom. The van der Waals surface area contributed by atoms with E-state index >= 15 is 0 Å². The maximum atomic E-state index is 13.1. The summed E-state index contributed by atoms with van der Waals surface area (Å²) in [6.07, 6.45) is 2.28. The lowest BCUT2D eigenvalue weighted by atomic mass is 10.1. The molecule has 0 fully saturated rings. The van der Waals surface area contributed by atoms with Gasteiger partial charge in [0.15, 0.2) is 0 Å². The van der Waals surface area contributed by atoms with Crippen LogP contribution in [-0.2, 0) is 16.3 Å². The highest BCUT2D eigenvalue weighted by atomic mass is 35.5. The summed E-state index contributed by atoms with van der Waals surface area (Å²) in [6.45, 7) is 7.01. The number of anilines is 2. The van der Waals surface area contributed by atoms with Crippen molar-refractivity contribution in [2.24, 2.45) is 0 Å². The predicted molar refractivity (Wildman–Crippen MR) is 174 cm³/mol. The SMILES string of the molecule is CCN1/C(=C/c2sc3ccc(Cl)cc3[n+]2CNC(=O)CCN(c2ccc(C)cc2)C(C)C(=O)O)Sc2ccc(Cl)cc21. The van der Waals surface area contributed by atoms with Crippen molar-refractivity contribution in [3.8, 4) is 0 Å². The number of hydrogen-bond donors (Lipinski definition) is 2. The first kappa shape index (κ1) is 30.2. The molecule has 5 rings (SSSR count). The molecule has 0 aliphatic carbocycles. The highest BCUT2D eigenvalue weighted by molar-refractivity contribution is 8.03. The van der Waals surface area contributed by atoms with Crippen LogP contribution in [-0.4, -0.2) is 36.1 Å². The fourth-order valence-electron chi connectivity index (χ4n) is 4.85. The van der Waals surface area contributed by atoms with E-state index in [2.05, 4.69) is 27.8 Å². The van der Waals surface area contributed by atoms with Crippen molar-refractivity contribution in [3.63, 3.8) is 0 Å². The number of halogens is 2. The van der Waals surface area contributed by atoms with Crippen molar-refractivity contribution in [1.29, 1.82) is 0 Å². The minimum Gasteiger partial charge on any atom is -0.480 e. The molecule has 0 saturated carbocycles. The standard InChI is InChI=1S/C31H30Cl2N4O3S2/c1-4-35-24-15-21(32)7-11-26(24)41-29(35)17-30-37(25-16-22(33)8-12-27(25)42-30)18-34-28(38)13-14-36(20(3)31(39)40)23-9-5-19(2)6-10-23/h5-12,15-17,20H,4,13-14,18H2,1-3H3,(H-,34,38,39,40)/p+1. The van der Waals surface area contributed by atoms with E-state index in [9.17, 15) is 14.7 Å². The zero-order valence-corrected chi connectivity index (χ0v) is 26.6. The molecule has 1 amide bonds. The molecule has 0 bridgehead atoms. The fraction of sp³-hybridized carbons (Fsp3) is 0.258. The van der Waals surface area contributed by atoms with Crippen LogP contribution in [0.4, 0.5) is 11.4 Å². The molecule has 42 heavy (non-hydrogen) atoms. The molecule has 2 N–H and O–H groups in total. The average molecular weight is 643 g/mol. The number of thiazole rings is 1. The smallest absolute Gasteiger partial charge is 0.326 e. The number of carbonyl (C=O) groups excluding carboxylic acids is 1. The van der Waals surface area contributed by atoms with Gasteiger partial charge in [-0.15, -0.1) is 0 Å². The van der Waals surface area contributed by atoms with Crippen LogP contribution < -0.4 is 19.7 Å². The second-order valence-corrected chi connectivity index (χ2v) is 13.0. The summed E-state index contributed by atoms with van der Waals surface area (Å²) in [4.78, 5) is 30.0. The number of nitrogens with one attached hydrogen (secondary N) is 1. The minimum atomic E-state index is -0.943. The molecule has 4 aromatic rings. The van der Waals surface area contributed by atoms with E-state index in [1.165, 1.54) is 0 Å².